The molecule has 4 aromatic rings. The van der Waals surface area contributed by atoms with Crippen LogP contribution in [0.2, 0.25) is 0 Å². The van der Waals surface area contributed by atoms with Gasteiger partial charge in [-0.1, -0.05) is 0 Å². The van der Waals surface area contributed by atoms with Crippen LogP contribution in [-0.2, 0) is 6.54 Å². The van der Waals surface area contributed by atoms with Crippen LogP contribution in [0, 0.1) is 0 Å². The number of nitrogens with two attached hydrogens (primary N) is 2. The van der Waals surface area contributed by atoms with Gasteiger partial charge in [-0.3, -0.25) is 9.89 Å². The summed E-state index contributed by atoms with van der Waals surface area (Å²) in [6, 6.07) is 0.239. The van der Waals surface area contributed by atoms with Crippen molar-refractivity contribution < 1.29 is 4.79 Å². The van der Waals surface area contributed by atoms with Crippen LogP contribution in [0.1, 0.15) is 53.7 Å². The first-order chi connectivity index (χ1) is 16.5. The molecule has 0 radical (unpaired) electrons. The zero-order valence-electron chi connectivity index (χ0n) is 18.1. The molecule has 2 fully saturated rings. The van der Waals surface area contributed by atoms with E-state index in [2.05, 4.69) is 46.2 Å². The van der Waals surface area contributed by atoms with Crippen molar-refractivity contribution in [1.82, 2.24) is 44.6 Å². The predicted octanol–water partition coefficient (Wildman–Crippen LogP) is 1.66. The van der Waals surface area contributed by atoms with Crippen molar-refractivity contribution in [3.05, 3.63) is 46.7 Å². The van der Waals surface area contributed by atoms with Gasteiger partial charge in [0.05, 0.1) is 22.9 Å². The highest BCUT2D eigenvalue weighted by atomic mass is 79.9. The molecular weight excluding hydrogens is 502 g/mol. The molecule has 13 heteroatoms. The number of carbonyl (C=O) groups is 1. The molecule has 0 aliphatic carbocycles. The number of hydrogen-bond donors (Lipinski definition) is 3. The Kier molecular flexibility index (Phi) is 5.03. The minimum atomic E-state index is -0.0931. The topological polar surface area (TPSA) is 170 Å². The predicted molar refractivity (Wildman–Crippen MR) is 125 cm³/mol. The summed E-state index contributed by atoms with van der Waals surface area (Å²) in [6.45, 7) is 0.275. The summed E-state index contributed by atoms with van der Waals surface area (Å²) >= 11 is 3.67. The van der Waals surface area contributed by atoms with Gasteiger partial charge in [-0.25, -0.2) is 19.9 Å². The van der Waals surface area contributed by atoms with Gasteiger partial charge < -0.3 is 16.4 Å². The SMILES string of the molecule is NCc1ncc(-c2cnn3c(N)c(Br)c(C4CC5CCC(C4)N5C(=O)c4ncn[nH]4)nc23)cn1. The molecule has 4 aromatic heterocycles. The average molecular weight is 524 g/mol. The zero-order chi connectivity index (χ0) is 23.4. The second-order valence-corrected chi connectivity index (χ2v) is 9.47. The molecule has 0 saturated carbocycles. The van der Waals surface area contributed by atoms with Crippen LogP contribution in [-0.4, -0.2) is 62.6 Å². The number of nitrogen functional groups attached to an aromatic ring is 1. The van der Waals surface area contributed by atoms with Gasteiger partial charge in [-0.15, -0.1) is 0 Å². The van der Waals surface area contributed by atoms with Crippen LogP contribution >= 0.6 is 15.9 Å². The molecule has 6 heterocycles. The van der Waals surface area contributed by atoms with Crippen LogP contribution in [0.15, 0.2) is 29.4 Å². The number of H-pyrrole nitrogens is 1. The monoisotopic (exact) mass is 523 g/mol. The minimum absolute atomic E-state index is 0.0931. The quantitative estimate of drug-likeness (QED) is 0.359. The Balaban J connectivity index is 1.35. The van der Waals surface area contributed by atoms with Crippen molar-refractivity contribution >= 4 is 33.3 Å². The first kappa shape index (κ1) is 21.1. The van der Waals surface area contributed by atoms with E-state index >= 15 is 0 Å². The van der Waals surface area contributed by atoms with E-state index in [0.717, 1.165) is 47.0 Å². The molecule has 2 aliphatic heterocycles. The number of nitrogens with zero attached hydrogens (tertiary/aromatic N) is 8. The van der Waals surface area contributed by atoms with Crippen LogP contribution in [0.3, 0.4) is 0 Å². The Morgan fingerprint density at radius 3 is 2.53 bits per heavy atom. The first-order valence-electron chi connectivity index (χ1n) is 11.1. The highest BCUT2D eigenvalue weighted by Gasteiger charge is 2.45. The number of hydrogen-bond acceptors (Lipinski definition) is 9. The lowest BCUT2D eigenvalue weighted by Crippen LogP contribution is -2.46. The number of fused-ring (bicyclic) bond motifs is 3. The van der Waals surface area contributed by atoms with E-state index in [-0.39, 0.29) is 36.3 Å². The molecule has 6 rings (SSSR count). The molecule has 1 amide bonds. The average Bonchev–Trinajstić information content (AvgIpc) is 3.59. The Morgan fingerprint density at radius 2 is 1.88 bits per heavy atom. The number of amides is 1. The van der Waals surface area contributed by atoms with Crippen LogP contribution in [0.4, 0.5) is 5.82 Å². The lowest BCUT2D eigenvalue weighted by Gasteiger charge is -2.38. The van der Waals surface area contributed by atoms with Crippen LogP contribution < -0.4 is 11.5 Å². The first-order valence-corrected chi connectivity index (χ1v) is 11.9. The van der Waals surface area contributed by atoms with Crippen LogP contribution in [0.5, 0.6) is 0 Å². The maximum atomic E-state index is 13.0. The Labute approximate surface area is 202 Å². The molecule has 2 saturated heterocycles. The fourth-order valence-electron chi connectivity index (χ4n) is 5.25. The van der Waals surface area contributed by atoms with Gasteiger partial charge in [-0.05, 0) is 41.6 Å². The molecule has 5 N–H and O–H groups in total. The van der Waals surface area contributed by atoms with Gasteiger partial charge in [0, 0.05) is 41.5 Å². The summed E-state index contributed by atoms with van der Waals surface area (Å²) in [4.78, 5) is 32.6. The minimum Gasteiger partial charge on any atom is -0.383 e. The van der Waals surface area contributed by atoms with E-state index < -0.39 is 0 Å². The lowest BCUT2D eigenvalue weighted by molar-refractivity contribution is 0.0557. The van der Waals surface area contributed by atoms with Crippen molar-refractivity contribution in [3.63, 3.8) is 0 Å². The number of piperidine rings is 1. The number of rotatable bonds is 4. The van der Waals surface area contributed by atoms with Crippen molar-refractivity contribution in [2.24, 2.45) is 5.73 Å². The molecule has 12 nitrogen and oxygen atoms in total. The Bertz CT molecular complexity index is 1350. The summed E-state index contributed by atoms with van der Waals surface area (Å²) in [6.07, 6.45) is 10.0. The maximum absolute atomic E-state index is 13.0. The van der Waals surface area contributed by atoms with E-state index in [1.807, 2.05) is 4.90 Å². The van der Waals surface area contributed by atoms with Gasteiger partial charge in [0.2, 0.25) is 5.82 Å². The molecule has 2 unspecified atom stereocenters. The summed E-state index contributed by atoms with van der Waals surface area (Å²) in [5, 5.41) is 11.0. The number of anilines is 1. The number of nitrogens with one attached hydrogen (secondary N) is 1. The molecule has 2 bridgehead atoms. The molecule has 0 aromatic carbocycles. The summed E-state index contributed by atoms with van der Waals surface area (Å²) in [5.41, 5.74) is 15.2. The third kappa shape index (κ3) is 3.26. The standard InChI is InChI=1S/C21H22BrN11O/c22-16-17(10-3-12-1-2-13(4-10)32(12)21(34)19-27-9-28-31-19)30-20-14(8-29-33(20)18(16)24)11-6-25-15(5-23)26-7-11/h6-10,12-13H,1-5,23-24H2,(H,27,28,31). The highest BCUT2D eigenvalue weighted by molar-refractivity contribution is 9.10. The van der Waals surface area contributed by atoms with E-state index in [9.17, 15) is 4.79 Å². The fourth-order valence-corrected chi connectivity index (χ4v) is 5.83. The molecule has 2 aliphatic rings. The summed E-state index contributed by atoms with van der Waals surface area (Å²) in [5.74, 6) is 1.39. The number of aromatic nitrogens is 8. The van der Waals surface area contributed by atoms with Crippen molar-refractivity contribution in [1.29, 1.82) is 0 Å². The molecule has 174 valence electrons. The Hall–Kier alpha value is -3.45. The van der Waals surface area contributed by atoms with Crippen LogP contribution in [0.25, 0.3) is 16.8 Å². The van der Waals surface area contributed by atoms with Gasteiger partial charge in [0.25, 0.3) is 5.91 Å². The van der Waals surface area contributed by atoms with E-state index in [4.69, 9.17) is 16.5 Å². The number of carbonyl (C=O) groups excluding carboxylic acids is 1. The van der Waals surface area contributed by atoms with E-state index in [1.165, 1.54) is 6.33 Å². The normalized spacial score (nSPS) is 21.9. The van der Waals surface area contributed by atoms with Crippen molar-refractivity contribution in [3.8, 4) is 11.1 Å². The second-order valence-electron chi connectivity index (χ2n) is 8.68. The van der Waals surface area contributed by atoms with E-state index in [1.54, 1.807) is 23.1 Å². The van der Waals surface area contributed by atoms with Gasteiger partial charge in [0.1, 0.15) is 18.0 Å². The molecule has 0 spiro atoms. The van der Waals surface area contributed by atoms with Crippen molar-refractivity contribution in [2.45, 2.75) is 50.2 Å². The molecule has 2 atom stereocenters. The lowest BCUT2D eigenvalue weighted by atomic mass is 9.87. The Morgan fingerprint density at radius 1 is 1.15 bits per heavy atom. The van der Waals surface area contributed by atoms with Crippen molar-refractivity contribution in [2.75, 3.05) is 5.73 Å². The van der Waals surface area contributed by atoms with E-state index in [0.29, 0.717) is 17.3 Å². The second kappa shape index (κ2) is 8.09. The summed E-state index contributed by atoms with van der Waals surface area (Å²) < 4.78 is 2.36. The molecular formula is C21H22BrN11O. The smallest absolute Gasteiger partial charge is 0.291 e. The van der Waals surface area contributed by atoms with Gasteiger partial charge >= 0.3 is 0 Å². The fraction of sp³-hybridized carbons (Fsp3) is 0.381. The third-order valence-corrected chi connectivity index (χ3v) is 7.63. The number of halogens is 1. The molecule has 34 heavy (non-hydrogen) atoms. The highest BCUT2D eigenvalue weighted by Crippen LogP contribution is 2.45. The zero-order valence-corrected chi connectivity index (χ0v) is 19.7. The summed E-state index contributed by atoms with van der Waals surface area (Å²) in [7, 11) is 0. The van der Waals surface area contributed by atoms with Gasteiger partial charge in [0.15, 0.2) is 5.65 Å². The maximum Gasteiger partial charge on any atom is 0.291 e. The number of aromatic amines is 1. The largest absolute Gasteiger partial charge is 0.383 e. The third-order valence-electron chi connectivity index (χ3n) is 6.82. The van der Waals surface area contributed by atoms with Gasteiger partial charge in [-0.2, -0.15) is 14.7 Å².